The monoisotopic (exact) mass is 208 g/mol. The maximum atomic E-state index is 10.7. The highest BCUT2D eigenvalue weighted by atomic mass is 31.7. The maximum Gasteiger partial charge on any atom is 0.361 e. The molecular weight excluding hydrogens is 198 g/mol. The third-order valence-electron chi connectivity index (χ3n) is 0.749. The lowest BCUT2D eigenvalue weighted by molar-refractivity contribution is 0.179. The Morgan fingerprint density at radius 3 is 1.58 bits per heavy atom. The van der Waals surface area contributed by atoms with Gasteiger partial charge in [0.25, 0.3) is 0 Å². The number of carbonyl (C=O) groups excluding carboxylic acids is 2. The Bertz CT molecular complexity index is 170. The van der Waals surface area contributed by atoms with E-state index in [1.807, 2.05) is 0 Å². The minimum absolute atomic E-state index is 0.313. The van der Waals surface area contributed by atoms with Gasteiger partial charge in [0.1, 0.15) is 0 Å². The Labute approximate surface area is 74.0 Å². The van der Waals surface area contributed by atoms with E-state index in [9.17, 15) is 9.59 Å². The third kappa shape index (κ3) is 6.26. The molecule has 4 nitrogen and oxygen atoms in total. The molecule has 0 amide bonds. The topological polar surface area (TPSA) is 52.6 Å². The Balaban J connectivity index is 3.73. The Kier molecular flexibility index (Phi) is 6.93. The van der Waals surface area contributed by atoms with Gasteiger partial charge < -0.3 is 9.47 Å². The lowest BCUT2D eigenvalue weighted by atomic mass is 10.9. The van der Waals surface area contributed by atoms with Crippen LogP contribution in [0.4, 0.5) is 9.59 Å². The van der Waals surface area contributed by atoms with E-state index in [1.165, 1.54) is 0 Å². The Morgan fingerprint density at radius 1 is 1.00 bits per heavy atom. The van der Waals surface area contributed by atoms with Gasteiger partial charge in [0.2, 0.25) is 0 Å². The van der Waals surface area contributed by atoms with Gasteiger partial charge in [0, 0.05) is 0 Å². The van der Waals surface area contributed by atoms with Crippen molar-refractivity contribution in [3.63, 3.8) is 0 Å². The number of rotatable bonds is 4. The van der Waals surface area contributed by atoms with Crippen LogP contribution in [0.2, 0.25) is 0 Å². The van der Waals surface area contributed by atoms with Crippen LogP contribution in [0, 0.1) is 0 Å². The summed E-state index contributed by atoms with van der Waals surface area (Å²) in [7, 11) is 0.625. The van der Waals surface area contributed by atoms with Crippen LogP contribution in [-0.4, -0.2) is 24.6 Å². The molecule has 0 unspecified atom stereocenters. The summed E-state index contributed by atoms with van der Waals surface area (Å²) in [4.78, 5) is 21.4. The number of hydrogen-bond donors (Lipinski definition) is 0. The molecule has 0 aliphatic heterocycles. The standard InChI is InChI=1S/C6H10O4P2/c1-3-9-5(7)11-12-6(8)10-4-2/h3-4H2,1-2H3. The van der Waals surface area contributed by atoms with Gasteiger partial charge in [-0.15, -0.1) is 0 Å². The van der Waals surface area contributed by atoms with Crippen molar-refractivity contribution in [3.05, 3.63) is 0 Å². The highest BCUT2D eigenvalue weighted by Crippen LogP contribution is 2.20. The zero-order chi connectivity index (χ0) is 9.40. The highest BCUT2D eigenvalue weighted by molar-refractivity contribution is 7.99. The molecule has 0 saturated heterocycles. The summed E-state index contributed by atoms with van der Waals surface area (Å²) in [5.74, 6) is 0. The molecule has 0 aromatic heterocycles. The van der Waals surface area contributed by atoms with E-state index in [4.69, 9.17) is 0 Å². The normalized spacial score (nSPS) is 9.83. The lowest BCUT2D eigenvalue weighted by Crippen LogP contribution is -1.92. The zero-order valence-electron chi connectivity index (χ0n) is 6.94. The van der Waals surface area contributed by atoms with Crippen molar-refractivity contribution in [2.24, 2.45) is 0 Å². The van der Waals surface area contributed by atoms with E-state index in [2.05, 4.69) is 9.47 Å². The second-order valence-corrected chi connectivity index (χ2v) is 3.93. The van der Waals surface area contributed by atoms with Gasteiger partial charge in [0.15, 0.2) is 0 Å². The first-order valence-electron chi connectivity index (χ1n) is 3.46. The zero-order valence-corrected chi connectivity index (χ0v) is 8.73. The first-order chi connectivity index (χ1) is 5.70. The molecule has 0 saturated carbocycles. The van der Waals surface area contributed by atoms with E-state index in [0.717, 1.165) is 0 Å². The van der Waals surface area contributed by atoms with Gasteiger partial charge in [0.05, 0.1) is 28.9 Å². The molecule has 6 heteroatoms. The summed E-state index contributed by atoms with van der Waals surface area (Å²) >= 11 is 0. The van der Waals surface area contributed by atoms with Gasteiger partial charge in [-0.3, -0.25) is 0 Å². The van der Waals surface area contributed by atoms with Crippen LogP contribution in [0.1, 0.15) is 13.8 Å². The molecule has 0 fully saturated rings. The molecule has 0 radical (unpaired) electrons. The minimum atomic E-state index is -0.396. The van der Waals surface area contributed by atoms with Crippen LogP contribution in [-0.2, 0) is 9.47 Å². The second kappa shape index (κ2) is 7.20. The molecule has 0 aromatic rings. The molecule has 0 aliphatic rings. The fourth-order valence-corrected chi connectivity index (χ4v) is 1.76. The molecule has 0 aromatic carbocycles. The predicted octanol–water partition coefficient (Wildman–Crippen LogP) is 3.11. The lowest BCUT2D eigenvalue weighted by Gasteiger charge is -1.94. The largest absolute Gasteiger partial charge is 0.459 e. The Morgan fingerprint density at radius 2 is 1.33 bits per heavy atom. The summed E-state index contributed by atoms with van der Waals surface area (Å²) in [6.07, 6.45) is 0. The summed E-state index contributed by atoms with van der Waals surface area (Å²) < 4.78 is 9.21. The van der Waals surface area contributed by atoms with Crippen LogP contribution in [0.25, 0.3) is 0 Å². The van der Waals surface area contributed by atoms with Gasteiger partial charge >= 0.3 is 11.4 Å². The summed E-state index contributed by atoms with van der Waals surface area (Å²) in [6.45, 7) is 4.11. The van der Waals surface area contributed by atoms with E-state index in [-0.39, 0.29) is 0 Å². The van der Waals surface area contributed by atoms with Crippen LogP contribution in [0.15, 0.2) is 0 Å². The molecule has 12 heavy (non-hydrogen) atoms. The van der Waals surface area contributed by atoms with E-state index < -0.39 is 11.4 Å². The third-order valence-corrected chi connectivity index (χ3v) is 2.71. The first-order valence-corrected chi connectivity index (χ1v) is 5.95. The van der Waals surface area contributed by atoms with Gasteiger partial charge in [-0.25, -0.2) is 9.59 Å². The van der Waals surface area contributed by atoms with Crippen LogP contribution >= 0.6 is 15.7 Å². The minimum Gasteiger partial charge on any atom is -0.459 e. The second-order valence-electron chi connectivity index (χ2n) is 1.60. The molecule has 0 N–H and O–H groups in total. The number of hydrogen-bond acceptors (Lipinski definition) is 4. The van der Waals surface area contributed by atoms with Crippen LogP contribution in [0.3, 0.4) is 0 Å². The first kappa shape index (κ1) is 11.5. The van der Waals surface area contributed by atoms with Crippen molar-refractivity contribution >= 4 is 27.2 Å². The average Bonchev–Trinajstić information content (AvgIpc) is 2.02. The van der Waals surface area contributed by atoms with Gasteiger partial charge in [-0.1, -0.05) is 0 Å². The highest BCUT2D eigenvalue weighted by Gasteiger charge is 1.99. The average molecular weight is 208 g/mol. The summed E-state index contributed by atoms with van der Waals surface area (Å²) in [6, 6.07) is 0. The predicted molar refractivity (Wildman–Crippen MR) is 47.9 cm³/mol. The van der Waals surface area contributed by atoms with E-state index >= 15 is 0 Å². The molecule has 0 rings (SSSR count). The van der Waals surface area contributed by atoms with Crippen molar-refractivity contribution in [1.82, 2.24) is 0 Å². The van der Waals surface area contributed by atoms with Crippen LogP contribution < -0.4 is 0 Å². The van der Waals surface area contributed by atoms with Crippen molar-refractivity contribution in [2.45, 2.75) is 13.8 Å². The fourth-order valence-electron chi connectivity index (χ4n) is 0.386. The molecule has 0 aliphatic carbocycles. The fraction of sp³-hybridized carbons (Fsp3) is 0.667. The van der Waals surface area contributed by atoms with Crippen LogP contribution in [0.5, 0.6) is 0 Å². The van der Waals surface area contributed by atoms with Crippen molar-refractivity contribution < 1.29 is 19.1 Å². The Hall–Kier alpha value is -0.460. The molecule has 0 spiro atoms. The van der Waals surface area contributed by atoms with Crippen molar-refractivity contribution in [3.8, 4) is 0 Å². The van der Waals surface area contributed by atoms with Gasteiger partial charge in [-0.2, -0.15) is 0 Å². The molecule has 0 heterocycles. The van der Waals surface area contributed by atoms with Gasteiger partial charge in [-0.05, 0) is 13.8 Å². The SMILES string of the molecule is CCOC(=O)P=PC(=O)OCC. The molecule has 0 bridgehead atoms. The molecule has 0 atom stereocenters. The maximum absolute atomic E-state index is 10.7. The quantitative estimate of drug-likeness (QED) is 0.666. The van der Waals surface area contributed by atoms with Crippen molar-refractivity contribution in [1.29, 1.82) is 0 Å². The molecule has 68 valence electrons. The number of carbonyl (C=O) groups is 2. The smallest absolute Gasteiger partial charge is 0.361 e. The summed E-state index contributed by atoms with van der Waals surface area (Å²) in [5.41, 5.74) is -0.792. The van der Waals surface area contributed by atoms with E-state index in [0.29, 0.717) is 28.9 Å². The van der Waals surface area contributed by atoms with E-state index in [1.54, 1.807) is 13.8 Å². The summed E-state index contributed by atoms with van der Waals surface area (Å²) in [5, 5.41) is 0. The molecular formula is C6H10O4P2. The number of ether oxygens (including phenoxy) is 2. The van der Waals surface area contributed by atoms with Crippen molar-refractivity contribution in [2.75, 3.05) is 13.2 Å².